The maximum atomic E-state index is 13.9. The summed E-state index contributed by atoms with van der Waals surface area (Å²) < 4.78 is 5.74. The van der Waals surface area contributed by atoms with Crippen LogP contribution < -0.4 is 0 Å². The fraction of sp³-hybridized carbons (Fsp3) is 0.731. The van der Waals surface area contributed by atoms with Gasteiger partial charge in [-0.25, -0.2) is 0 Å². The quantitative estimate of drug-likeness (QED) is 0.688. The number of allylic oxidation sites excluding steroid dienone is 3. The summed E-state index contributed by atoms with van der Waals surface area (Å²) in [5, 5.41) is 11.1. The van der Waals surface area contributed by atoms with Gasteiger partial charge in [-0.05, 0) is 73.8 Å². The second-order valence-electron chi connectivity index (χ2n) is 11.3. The van der Waals surface area contributed by atoms with E-state index >= 15 is 0 Å². The lowest BCUT2D eigenvalue weighted by Gasteiger charge is -2.56. The molecule has 5 aliphatic rings. The highest BCUT2D eigenvalue weighted by molar-refractivity contribution is 6.05. The monoisotopic (exact) mass is 426 g/mol. The predicted molar refractivity (Wildman–Crippen MR) is 115 cm³/mol. The van der Waals surface area contributed by atoms with Gasteiger partial charge in [0.1, 0.15) is 11.6 Å². The number of fused-ring (bicyclic) bond motifs is 4. The molecule has 0 aromatic carbocycles. The Balaban J connectivity index is 1.73. The minimum atomic E-state index is -1.33. The van der Waals surface area contributed by atoms with Gasteiger partial charge in [-0.3, -0.25) is 14.4 Å². The lowest BCUT2D eigenvalue weighted by molar-refractivity contribution is -0.147. The summed E-state index contributed by atoms with van der Waals surface area (Å²) in [5.41, 5.74) is 1.26. The molecule has 5 nitrogen and oxygen atoms in total. The smallest absolute Gasteiger partial charge is 0.185 e. The van der Waals surface area contributed by atoms with Crippen LogP contribution in [0.15, 0.2) is 22.8 Å². The lowest BCUT2D eigenvalue weighted by atomic mass is 9.46. The third-order valence-corrected chi connectivity index (χ3v) is 9.56. The second-order valence-corrected chi connectivity index (χ2v) is 11.3. The normalized spacial score (nSPS) is 42.9. The molecule has 0 aromatic heterocycles. The van der Waals surface area contributed by atoms with E-state index in [0.717, 1.165) is 36.8 Å². The third-order valence-electron chi connectivity index (χ3n) is 9.56. The number of hydrogen-bond donors (Lipinski definition) is 1. The first-order valence-corrected chi connectivity index (χ1v) is 11.9. The van der Waals surface area contributed by atoms with Crippen LogP contribution in [-0.4, -0.2) is 34.9 Å². The minimum absolute atomic E-state index is 0.0661. The topological polar surface area (TPSA) is 80.7 Å². The SMILES string of the molecule is CC(C)OC(O)C1=C2C3=CC[C@@]4(C)CCC(=O)[C@@]34CCC2C2(C)CCC(=O)CC2C1=O. The highest BCUT2D eigenvalue weighted by atomic mass is 16.6. The fourth-order valence-electron chi connectivity index (χ4n) is 7.86. The fourth-order valence-corrected chi connectivity index (χ4v) is 7.86. The lowest BCUT2D eigenvalue weighted by Crippen LogP contribution is -2.55. The van der Waals surface area contributed by atoms with Crippen molar-refractivity contribution in [3.05, 3.63) is 22.8 Å². The van der Waals surface area contributed by atoms with Gasteiger partial charge in [0.25, 0.3) is 0 Å². The Labute approximate surface area is 184 Å². The van der Waals surface area contributed by atoms with Crippen LogP contribution in [0.25, 0.3) is 0 Å². The molecule has 6 atom stereocenters. The van der Waals surface area contributed by atoms with E-state index in [9.17, 15) is 19.5 Å². The molecule has 168 valence electrons. The van der Waals surface area contributed by atoms with Crippen LogP contribution in [0.5, 0.6) is 0 Å². The molecular weight excluding hydrogens is 392 g/mol. The van der Waals surface area contributed by atoms with Crippen molar-refractivity contribution in [3.63, 3.8) is 0 Å². The van der Waals surface area contributed by atoms with Gasteiger partial charge in [0.2, 0.25) is 0 Å². The van der Waals surface area contributed by atoms with E-state index in [1.54, 1.807) is 0 Å². The average Bonchev–Trinajstić information content (AvgIpc) is 3.13. The molecule has 0 saturated heterocycles. The molecule has 3 saturated carbocycles. The number of ketones is 3. The molecule has 1 N–H and O–H groups in total. The van der Waals surface area contributed by atoms with Gasteiger partial charge in [-0.2, -0.15) is 0 Å². The van der Waals surface area contributed by atoms with Gasteiger partial charge in [0, 0.05) is 25.2 Å². The van der Waals surface area contributed by atoms with E-state index in [-0.39, 0.29) is 40.8 Å². The second kappa shape index (κ2) is 6.71. The van der Waals surface area contributed by atoms with Gasteiger partial charge >= 0.3 is 0 Å². The van der Waals surface area contributed by atoms with E-state index < -0.39 is 17.6 Å². The first-order chi connectivity index (χ1) is 14.5. The molecule has 4 unspecified atom stereocenters. The van der Waals surface area contributed by atoms with Gasteiger partial charge in [0.05, 0.1) is 17.1 Å². The van der Waals surface area contributed by atoms with Crippen molar-refractivity contribution < 1.29 is 24.2 Å². The molecule has 0 heterocycles. The number of carbonyl (C=O) groups is 3. The zero-order valence-corrected chi connectivity index (χ0v) is 19.1. The Morgan fingerprint density at radius 1 is 1.06 bits per heavy atom. The molecule has 0 aliphatic heterocycles. The number of rotatable bonds is 3. The predicted octanol–water partition coefficient (Wildman–Crippen LogP) is 4.08. The van der Waals surface area contributed by atoms with Crippen LogP contribution in [0, 0.1) is 28.1 Å². The average molecular weight is 427 g/mol. The Hall–Kier alpha value is -1.59. The Bertz CT molecular complexity index is 941. The standard InChI is InChI=1S/C26H34O5/c1-14(2)31-23(30)21-20-16(25(4)11-5-15(27)13-18(25)22(21)29)7-12-26-17(20)6-9-24(26,3)10-8-19(26)28/h6,14,16,18,23,30H,5,7-13H2,1-4H3/t16?,18?,23?,24-,25?,26+/m0/s1. The molecule has 0 radical (unpaired) electrons. The van der Waals surface area contributed by atoms with E-state index in [1.165, 1.54) is 0 Å². The van der Waals surface area contributed by atoms with Gasteiger partial charge < -0.3 is 9.84 Å². The summed E-state index contributed by atoms with van der Waals surface area (Å²) in [6.07, 6.45) is 5.99. The number of aliphatic hydroxyl groups is 1. The van der Waals surface area contributed by atoms with Crippen LogP contribution in [0.1, 0.15) is 79.1 Å². The summed E-state index contributed by atoms with van der Waals surface area (Å²) in [5.74, 6) is -0.0708. The van der Waals surface area contributed by atoms with Crippen LogP contribution in [-0.2, 0) is 19.1 Å². The van der Waals surface area contributed by atoms with Crippen molar-refractivity contribution in [2.75, 3.05) is 0 Å². The summed E-state index contributed by atoms with van der Waals surface area (Å²) in [4.78, 5) is 39.5. The van der Waals surface area contributed by atoms with Crippen LogP contribution in [0.2, 0.25) is 0 Å². The molecular formula is C26H34O5. The summed E-state index contributed by atoms with van der Waals surface area (Å²) >= 11 is 0. The van der Waals surface area contributed by atoms with Crippen molar-refractivity contribution in [2.24, 2.45) is 28.1 Å². The summed E-state index contributed by atoms with van der Waals surface area (Å²) in [6.45, 7) is 8.05. The number of carbonyl (C=O) groups excluding carboxylic acids is 3. The Kier molecular flexibility index (Phi) is 4.60. The molecule has 0 bridgehead atoms. The van der Waals surface area contributed by atoms with Crippen LogP contribution >= 0.6 is 0 Å². The Morgan fingerprint density at radius 2 is 1.81 bits per heavy atom. The van der Waals surface area contributed by atoms with Crippen LogP contribution in [0.4, 0.5) is 0 Å². The first kappa shape index (κ1) is 21.3. The Morgan fingerprint density at radius 3 is 2.52 bits per heavy atom. The van der Waals surface area contributed by atoms with Gasteiger partial charge in [-0.1, -0.05) is 19.9 Å². The van der Waals surface area contributed by atoms with E-state index in [0.29, 0.717) is 30.6 Å². The largest absolute Gasteiger partial charge is 0.364 e. The maximum absolute atomic E-state index is 13.9. The van der Waals surface area contributed by atoms with Crippen molar-refractivity contribution in [3.8, 4) is 0 Å². The molecule has 5 heteroatoms. The molecule has 0 aromatic rings. The third kappa shape index (κ3) is 2.59. The van der Waals surface area contributed by atoms with Crippen molar-refractivity contribution in [1.82, 2.24) is 0 Å². The highest BCUT2D eigenvalue weighted by Gasteiger charge is 2.67. The first-order valence-electron chi connectivity index (χ1n) is 11.9. The van der Waals surface area contributed by atoms with Crippen molar-refractivity contribution in [2.45, 2.75) is 91.5 Å². The van der Waals surface area contributed by atoms with Crippen molar-refractivity contribution >= 4 is 17.3 Å². The summed E-state index contributed by atoms with van der Waals surface area (Å²) in [7, 11) is 0. The molecule has 0 amide bonds. The molecule has 1 spiro atoms. The zero-order valence-electron chi connectivity index (χ0n) is 19.1. The van der Waals surface area contributed by atoms with E-state index in [2.05, 4.69) is 19.9 Å². The molecule has 5 rings (SSSR count). The summed E-state index contributed by atoms with van der Waals surface area (Å²) in [6, 6.07) is 0. The number of aliphatic hydroxyl groups excluding tert-OH is 1. The zero-order chi connectivity index (χ0) is 22.3. The number of hydrogen-bond acceptors (Lipinski definition) is 5. The van der Waals surface area contributed by atoms with E-state index in [4.69, 9.17) is 4.74 Å². The molecule has 31 heavy (non-hydrogen) atoms. The number of Topliss-reactive ketones (excluding diaryl/α,β-unsaturated/α-hetero) is 3. The number of ether oxygens (including phenoxy) is 1. The van der Waals surface area contributed by atoms with Gasteiger partial charge in [-0.15, -0.1) is 0 Å². The van der Waals surface area contributed by atoms with Crippen molar-refractivity contribution in [1.29, 1.82) is 0 Å². The van der Waals surface area contributed by atoms with Gasteiger partial charge in [0.15, 0.2) is 12.1 Å². The molecule has 3 fully saturated rings. The van der Waals surface area contributed by atoms with Crippen LogP contribution in [0.3, 0.4) is 0 Å². The highest BCUT2D eigenvalue weighted by Crippen LogP contribution is 2.71. The molecule has 5 aliphatic carbocycles. The van der Waals surface area contributed by atoms with E-state index in [1.807, 2.05) is 13.8 Å². The minimum Gasteiger partial charge on any atom is -0.364 e. The maximum Gasteiger partial charge on any atom is 0.185 e.